The highest BCUT2D eigenvalue weighted by Gasteiger charge is 2.00. The summed E-state index contributed by atoms with van der Waals surface area (Å²) in [6.07, 6.45) is 10.3. The molecule has 0 aliphatic carbocycles. The van der Waals surface area contributed by atoms with Gasteiger partial charge in [-0.15, -0.1) is 0 Å². The molecule has 0 fully saturated rings. The lowest BCUT2D eigenvalue weighted by atomic mass is 10.2. The maximum atomic E-state index is 10.9. The molecule has 186 valence electrons. The first-order valence-corrected chi connectivity index (χ1v) is 8.94. The smallest absolute Gasteiger partial charge is 0.176 e. The highest BCUT2D eigenvalue weighted by Crippen LogP contribution is 1.96. The molecule has 0 saturated carbocycles. The van der Waals surface area contributed by atoms with Gasteiger partial charge in [0.2, 0.25) is 0 Å². The fourth-order valence-electron chi connectivity index (χ4n) is 1.75. The monoisotopic (exact) mass is 485 g/mol. The predicted molar refractivity (Wildman–Crippen MR) is 123 cm³/mol. The highest BCUT2D eigenvalue weighted by molar-refractivity contribution is 5.97. The average molecular weight is 486 g/mol. The minimum Gasteiger partial charge on any atom is -0.412 e. The number of nitrogens with one attached hydrogen (secondary N) is 4. The molecule has 0 radical (unpaired) electrons. The van der Waals surface area contributed by atoms with Crippen molar-refractivity contribution in [2.24, 2.45) is 11.5 Å². The first kappa shape index (κ1) is 37.3. The van der Waals surface area contributed by atoms with Crippen molar-refractivity contribution in [3.63, 3.8) is 0 Å². The van der Waals surface area contributed by atoms with Gasteiger partial charge in [0, 0.05) is 64.7 Å². The van der Waals surface area contributed by atoms with Crippen LogP contribution in [0.4, 0.5) is 0 Å². The van der Waals surface area contributed by atoms with Crippen LogP contribution in [0.2, 0.25) is 0 Å². The molecule has 15 heteroatoms. The van der Waals surface area contributed by atoms with Crippen molar-refractivity contribution in [3.8, 4) is 0 Å². The number of carbonyl (C=O) groups excluding carboxylic acids is 3. The number of rotatable bonds is 5. The van der Waals surface area contributed by atoms with Crippen LogP contribution in [-0.4, -0.2) is 51.4 Å². The van der Waals surface area contributed by atoms with Crippen LogP contribution >= 0.6 is 0 Å². The molecule has 0 saturated heterocycles. The number of aldehydes is 1. The summed E-state index contributed by atoms with van der Waals surface area (Å²) < 4.78 is 0. The second kappa shape index (κ2) is 29.0. The average Bonchev–Trinajstić information content (AvgIpc) is 2.97. The van der Waals surface area contributed by atoms with Crippen molar-refractivity contribution in [1.82, 2.24) is 15.0 Å². The second-order valence-electron chi connectivity index (χ2n) is 5.12. The summed E-state index contributed by atoms with van der Waals surface area (Å²) in [6, 6.07) is 9.91. The molecular weight excluding hydrogens is 458 g/mol. The molecule has 0 aromatic carbocycles. The van der Waals surface area contributed by atoms with Crippen molar-refractivity contribution < 1.29 is 19.9 Å². The Hall–Kier alpha value is -5.04. The Morgan fingerprint density at radius 2 is 0.943 bits per heavy atom. The predicted octanol–water partition coefficient (Wildman–Crippen LogP) is 1.74. The molecule has 15 nitrogen and oxygen atoms in total. The van der Waals surface area contributed by atoms with Crippen molar-refractivity contribution in [1.29, 1.82) is 32.9 Å². The van der Waals surface area contributed by atoms with Gasteiger partial charge in [-0.25, -0.2) is 22.1 Å². The zero-order valence-electron chi connectivity index (χ0n) is 18.5. The van der Waals surface area contributed by atoms with Crippen LogP contribution in [-0.2, 0) is 0 Å². The number of nitrogens with two attached hydrogens (primary N) is 2. The molecule has 0 aliphatic rings. The van der Waals surface area contributed by atoms with Crippen LogP contribution < -0.4 is 11.5 Å². The Bertz CT molecular complexity index is 877. The van der Waals surface area contributed by atoms with Crippen molar-refractivity contribution in [2.45, 2.75) is 0 Å². The van der Waals surface area contributed by atoms with Gasteiger partial charge in [0.15, 0.2) is 11.6 Å². The van der Waals surface area contributed by atoms with Gasteiger partial charge >= 0.3 is 0 Å². The van der Waals surface area contributed by atoms with E-state index in [9.17, 15) is 14.4 Å². The van der Waals surface area contributed by atoms with E-state index in [1.54, 1.807) is 73.6 Å². The maximum absolute atomic E-state index is 10.9. The van der Waals surface area contributed by atoms with E-state index in [2.05, 4.69) is 15.0 Å². The van der Waals surface area contributed by atoms with Gasteiger partial charge in [0.05, 0.1) is 13.1 Å². The molecule has 3 aromatic heterocycles. The standard InChI is InChI=1S/2C7H8N2O.C6H5NO.2H2N2.N2.H2O/c2*8-5-7(10)6-1-3-9-4-2-6;8-5-6-1-3-7-4-2-6;3*1-2;/h2*1-4H,5,8H2;1-5H;2*1-2H;;1H2. The molecule has 0 bridgehead atoms. The number of ketones is 2. The zero-order valence-corrected chi connectivity index (χ0v) is 18.5. The summed E-state index contributed by atoms with van der Waals surface area (Å²) in [5, 5.41) is 12.0. The largest absolute Gasteiger partial charge is 0.412 e. The van der Waals surface area contributed by atoms with E-state index in [1.165, 1.54) is 0 Å². The molecule has 0 atom stereocenters. The van der Waals surface area contributed by atoms with Gasteiger partial charge in [-0.05, 0) is 36.4 Å². The van der Waals surface area contributed by atoms with Gasteiger partial charge in [0.25, 0.3) is 0 Å². The van der Waals surface area contributed by atoms with Crippen LogP contribution in [0.5, 0.6) is 0 Å². The van der Waals surface area contributed by atoms with Crippen molar-refractivity contribution in [2.75, 3.05) is 13.1 Å². The number of aromatic nitrogens is 3. The Balaban J connectivity index is -0.000000184. The number of carbonyl (C=O) groups is 3. The summed E-state index contributed by atoms with van der Waals surface area (Å²) in [5.74, 6) is -0.107. The van der Waals surface area contributed by atoms with Gasteiger partial charge in [-0.2, -0.15) is 0 Å². The van der Waals surface area contributed by atoms with Crippen LogP contribution in [0.1, 0.15) is 31.1 Å². The Morgan fingerprint density at radius 1 is 0.686 bits per heavy atom. The summed E-state index contributed by atoms with van der Waals surface area (Å²) >= 11 is 0. The van der Waals surface area contributed by atoms with Crippen LogP contribution in [0.25, 0.3) is 0 Å². The van der Waals surface area contributed by atoms with E-state index in [4.69, 9.17) is 44.4 Å². The van der Waals surface area contributed by atoms with E-state index < -0.39 is 0 Å². The fourth-order valence-corrected chi connectivity index (χ4v) is 1.75. The van der Waals surface area contributed by atoms with Gasteiger partial charge in [-0.1, -0.05) is 0 Å². The zero-order chi connectivity index (χ0) is 26.6. The summed E-state index contributed by atoms with van der Waals surface area (Å²) in [4.78, 5) is 43.0. The summed E-state index contributed by atoms with van der Waals surface area (Å²) in [6.45, 7) is 0.119. The normalized spacial score (nSPS) is 7.54. The number of hydrogen-bond donors (Lipinski definition) is 6. The molecule has 10 N–H and O–H groups in total. The van der Waals surface area contributed by atoms with Gasteiger partial charge < -0.3 is 16.9 Å². The number of pyridine rings is 3. The lowest BCUT2D eigenvalue weighted by molar-refractivity contribution is 0.0993. The highest BCUT2D eigenvalue weighted by atomic mass is 16.1. The van der Waals surface area contributed by atoms with E-state index in [-0.39, 0.29) is 30.1 Å². The maximum Gasteiger partial charge on any atom is 0.176 e. The SMILES string of the molecule is N#N.N=N.N=N.NCC(=O)c1ccncc1.NCC(=O)c1ccncc1.O.O=Cc1ccncc1. The minimum absolute atomic E-state index is 0. The molecule has 0 aliphatic heterocycles. The van der Waals surface area contributed by atoms with Crippen molar-refractivity contribution in [3.05, 3.63) is 90.3 Å². The molecule has 3 aromatic rings. The number of hydrogen-bond acceptors (Lipinski definition) is 14. The molecule has 0 unspecified atom stereocenters. The molecule has 3 heterocycles. The first-order valence-electron chi connectivity index (χ1n) is 8.94. The lowest BCUT2D eigenvalue weighted by Crippen LogP contribution is -2.13. The third-order valence-corrected chi connectivity index (χ3v) is 3.22. The van der Waals surface area contributed by atoms with Crippen molar-refractivity contribution >= 4 is 17.9 Å². The van der Waals surface area contributed by atoms with Gasteiger partial charge in [-0.3, -0.25) is 29.3 Å². The molecule has 3 rings (SSSR count). The minimum atomic E-state index is -0.0533. The molecule has 0 spiro atoms. The number of nitrogens with zero attached hydrogens (tertiary/aromatic N) is 5. The van der Waals surface area contributed by atoms with E-state index in [0.717, 1.165) is 6.29 Å². The quantitative estimate of drug-likeness (QED) is 0.131. The third kappa shape index (κ3) is 19.4. The second-order valence-corrected chi connectivity index (χ2v) is 5.12. The summed E-state index contributed by atoms with van der Waals surface area (Å²) in [7, 11) is 0. The van der Waals surface area contributed by atoms with E-state index in [0.29, 0.717) is 16.7 Å². The van der Waals surface area contributed by atoms with Gasteiger partial charge in [0.1, 0.15) is 6.29 Å². The third-order valence-electron chi connectivity index (χ3n) is 3.22. The van der Waals surface area contributed by atoms with E-state index in [1.807, 2.05) is 0 Å². The molecule has 0 amide bonds. The topological polar surface area (TPSA) is 316 Å². The van der Waals surface area contributed by atoms with Crippen LogP contribution in [0.15, 0.2) is 73.6 Å². The Morgan fingerprint density at radius 3 is 1.14 bits per heavy atom. The first-order chi connectivity index (χ1) is 16.6. The van der Waals surface area contributed by atoms with Crippen LogP contribution in [0, 0.1) is 32.9 Å². The fraction of sp³-hybridized carbons (Fsp3) is 0.100. The van der Waals surface area contributed by atoms with Crippen LogP contribution in [0.3, 0.4) is 0 Å². The van der Waals surface area contributed by atoms with E-state index >= 15 is 0 Å². The molecule has 35 heavy (non-hydrogen) atoms. The molecular formula is C20H27N11O4. The lowest BCUT2D eigenvalue weighted by Gasteiger charge is -1.93. The Kier molecular flexibility index (Phi) is 30.9. The summed E-state index contributed by atoms with van der Waals surface area (Å²) in [5.41, 5.74) is 32.2. The Labute approximate surface area is 201 Å². The number of Topliss-reactive ketones (excluding diaryl/α,β-unsaturated/α-hetero) is 2.